The van der Waals surface area contributed by atoms with Gasteiger partial charge in [-0.1, -0.05) is 38.1 Å². The van der Waals surface area contributed by atoms with Crippen LogP contribution >= 0.6 is 0 Å². The van der Waals surface area contributed by atoms with E-state index in [1.54, 1.807) is 0 Å². The molecule has 1 aliphatic rings. The van der Waals surface area contributed by atoms with Crippen molar-refractivity contribution in [1.82, 2.24) is 4.98 Å². The lowest BCUT2D eigenvalue weighted by molar-refractivity contribution is -0.160. The van der Waals surface area contributed by atoms with Crippen LogP contribution < -0.4 is 9.80 Å². The molecule has 2 aromatic carbocycles. The number of aliphatic carboxylic acids is 1. The molecule has 0 bridgehead atoms. The molecule has 6 nitrogen and oxygen atoms in total. The standard InChI is InChI=1S/C35H46FN3O3/c1-23-29(26-11-15-28(16-12-26)38(8)20-17-25-9-13-27(36)14-10-25)31(39-21-18-35(6,7)19-22-39)30(24(2)37-23)32(33(40)41)42-34(3,4)5/h9-16,32H,17-22H2,1-8H3,(H,40,41). The van der Waals surface area contributed by atoms with Gasteiger partial charge in [-0.2, -0.15) is 0 Å². The summed E-state index contributed by atoms with van der Waals surface area (Å²) in [5, 5.41) is 10.4. The van der Waals surface area contributed by atoms with Gasteiger partial charge in [0.15, 0.2) is 6.10 Å². The van der Waals surface area contributed by atoms with Crippen molar-refractivity contribution in [3.8, 4) is 11.1 Å². The van der Waals surface area contributed by atoms with Crippen molar-refractivity contribution in [2.75, 3.05) is 36.5 Å². The molecule has 1 fully saturated rings. The summed E-state index contributed by atoms with van der Waals surface area (Å²) in [4.78, 5) is 22.1. The fourth-order valence-electron chi connectivity index (χ4n) is 5.71. The zero-order valence-electron chi connectivity index (χ0n) is 26.4. The second-order valence-corrected chi connectivity index (χ2v) is 13.4. The number of likely N-dealkylation sites (N-methyl/N-ethyl adjacent to an activating group) is 1. The molecule has 42 heavy (non-hydrogen) atoms. The normalized spacial score (nSPS) is 15.9. The van der Waals surface area contributed by atoms with E-state index < -0.39 is 17.7 Å². The summed E-state index contributed by atoms with van der Waals surface area (Å²) in [6.45, 7) is 16.6. The van der Waals surface area contributed by atoms with Crippen molar-refractivity contribution in [2.45, 2.75) is 79.4 Å². The first-order valence-electron chi connectivity index (χ1n) is 14.9. The van der Waals surface area contributed by atoms with Crippen LogP contribution in [-0.2, 0) is 16.0 Å². The van der Waals surface area contributed by atoms with Gasteiger partial charge in [0, 0.05) is 54.9 Å². The average Bonchev–Trinajstić information content (AvgIpc) is 2.91. The largest absolute Gasteiger partial charge is 0.479 e. The molecule has 1 atom stereocenters. The quantitative estimate of drug-likeness (QED) is 0.281. The van der Waals surface area contributed by atoms with Crippen molar-refractivity contribution < 1.29 is 19.0 Å². The Kier molecular flexibility index (Phi) is 9.31. The Morgan fingerprint density at radius 3 is 2.19 bits per heavy atom. The lowest BCUT2D eigenvalue weighted by Gasteiger charge is -2.41. The fourth-order valence-corrected chi connectivity index (χ4v) is 5.71. The molecule has 1 aromatic heterocycles. The SMILES string of the molecule is Cc1nc(C)c(C(OC(C)(C)C)C(=O)O)c(N2CCC(C)(C)CC2)c1-c1ccc(N(C)CCc2ccc(F)cc2)cc1. The molecule has 1 saturated heterocycles. The Hall–Kier alpha value is -3.45. The van der Waals surface area contributed by atoms with E-state index in [1.807, 2.05) is 46.8 Å². The highest BCUT2D eigenvalue weighted by molar-refractivity contribution is 5.88. The molecule has 0 spiro atoms. The molecule has 7 heteroatoms. The van der Waals surface area contributed by atoms with Crippen LogP contribution in [-0.4, -0.2) is 48.3 Å². The molecular weight excluding hydrogens is 529 g/mol. The van der Waals surface area contributed by atoms with Gasteiger partial charge in [-0.05, 0) is 94.7 Å². The number of carboxylic acid groups (broad SMARTS) is 1. The summed E-state index contributed by atoms with van der Waals surface area (Å²) in [5.41, 5.74) is 6.81. The van der Waals surface area contributed by atoms with Crippen molar-refractivity contribution in [1.29, 1.82) is 0 Å². The molecule has 4 rings (SSSR count). The van der Waals surface area contributed by atoms with Crippen LogP contribution in [0.25, 0.3) is 11.1 Å². The van der Waals surface area contributed by atoms with Crippen molar-refractivity contribution >= 4 is 17.3 Å². The molecule has 226 valence electrons. The molecule has 0 saturated carbocycles. The van der Waals surface area contributed by atoms with Crippen LogP contribution in [0.1, 0.15) is 76.1 Å². The number of pyridine rings is 1. The number of nitrogens with zero attached hydrogens (tertiary/aromatic N) is 3. The molecule has 1 aliphatic heterocycles. The van der Waals surface area contributed by atoms with Gasteiger partial charge >= 0.3 is 5.97 Å². The number of aryl methyl sites for hydroxylation is 2. The predicted octanol–water partition coefficient (Wildman–Crippen LogP) is 7.75. The van der Waals surface area contributed by atoms with Crippen LogP contribution in [0.2, 0.25) is 0 Å². The first kappa shape index (κ1) is 31.5. The summed E-state index contributed by atoms with van der Waals surface area (Å²) in [6, 6.07) is 15.1. The first-order valence-corrected chi connectivity index (χ1v) is 14.9. The number of carbonyl (C=O) groups is 1. The maximum atomic E-state index is 13.3. The average molecular weight is 576 g/mol. The molecule has 0 aliphatic carbocycles. The highest BCUT2D eigenvalue weighted by Gasteiger charge is 2.36. The smallest absolute Gasteiger partial charge is 0.337 e. The predicted molar refractivity (Wildman–Crippen MR) is 169 cm³/mol. The summed E-state index contributed by atoms with van der Waals surface area (Å²) < 4.78 is 19.5. The highest BCUT2D eigenvalue weighted by Crippen LogP contribution is 2.45. The molecule has 0 amide bonds. The Morgan fingerprint density at radius 2 is 1.64 bits per heavy atom. The Labute approximate surface area is 250 Å². The second-order valence-electron chi connectivity index (χ2n) is 13.4. The van der Waals surface area contributed by atoms with Crippen molar-refractivity contribution in [2.24, 2.45) is 5.41 Å². The lowest BCUT2D eigenvalue weighted by Crippen LogP contribution is -2.39. The van der Waals surface area contributed by atoms with Crippen LogP contribution in [0.3, 0.4) is 0 Å². The van der Waals surface area contributed by atoms with Gasteiger partial charge in [-0.3, -0.25) is 4.98 Å². The molecule has 0 radical (unpaired) electrons. The number of aromatic nitrogens is 1. The Morgan fingerprint density at radius 1 is 1.05 bits per heavy atom. The van der Waals surface area contributed by atoms with Crippen molar-refractivity contribution in [3.63, 3.8) is 0 Å². The minimum Gasteiger partial charge on any atom is -0.479 e. The number of anilines is 2. The monoisotopic (exact) mass is 575 g/mol. The zero-order valence-corrected chi connectivity index (χ0v) is 26.4. The number of halogens is 1. The highest BCUT2D eigenvalue weighted by atomic mass is 19.1. The van der Waals surface area contributed by atoms with Crippen molar-refractivity contribution in [3.05, 3.63) is 76.9 Å². The number of hydrogen-bond acceptors (Lipinski definition) is 5. The Bertz CT molecular complexity index is 1380. The maximum Gasteiger partial charge on any atom is 0.337 e. The zero-order chi connectivity index (χ0) is 30.8. The molecular formula is C35H46FN3O3. The van der Waals surface area contributed by atoms with Gasteiger partial charge in [0.1, 0.15) is 5.82 Å². The topological polar surface area (TPSA) is 65.9 Å². The maximum absolute atomic E-state index is 13.3. The number of carboxylic acids is 1. The molecule has 1 unspecified atom stereocenters. The van der Waals surface area contributed by atoms with E-state index in [4.69, 9.17) is 9.72 Å². The van der Waals surface area contributed by atoms with E-state index in [0.29, 0.717) is 11.3 Å². The number of rotatable bonds is 9. The number of piperidine rings is 1. The van der Waals surface area contributed by atoms with E-state index in [0.717, 1.165) is 72.7 Å². The summed E-state index contributed by atoms with van der Waals surface area (Å²) in [5.74, 6) is -1.24. The second kappa shape index (κ2) is 12.4. The minimum atomic E-state index is -1.14. The van der Waals surface area contributed by atoms with Gasteiger partial charge in [0.2, 0.25) is 0 Å². The van der Waals surface area contributed by atoms with Gasteiger partial charge in [0.25, 0.3) is 0 Å². The van der Waals surface area contributed by atoms with Gasteiger partial charge in [0.05, 0.1) is 11.3 Å². The van der Waals surface area contributed by atoms with E-state index in [1.165, 1.54) is 12.1 Å². The van der Waals surface area contributed by atoms with E-state index in [2.05, 4.69) is 55.0 Å². The van der Waals surface area contributed by atoms with Gasteiger partial charge < -0.3 is 19.6 Å². The van der Waals surface area contributed by atoms with Gasteiger partial charge in [-0.25, -0.2) is 9.18 Å². The lowest BCUT2D eigenvalue weighted by atomic mass is 9.82. The third kappa shape index (κ3) is 7.49. The molecule has 3 aromatic rings. The summed E-state index contributed by atoms with van der Waals surface area (Å²) in [7, 11) is 2.05. The Balaban J connectivity index is 1.74. The first-order chi connectivity index (χ1) is 19.6. The van der Waals surface area contributed by atoms with Crippen LogP contribution in [0.4, 0.5) is 15.8 Å². The van der Waals surface area contributed by atoms with E-state index >= 15 is 0 Å². The number of benzene rings is 2. The van der Waals surface area contributed by atoms with E-state index in [9.17, 15) is 14.3 Å². The number of ether oxygens (including phenoxy) is 1. The van der Waals surface area contributed by atoms with E-state index in [-0.39, 0.29) is 11.2 Å². The summed E-state index contributed by atoms with van der Waals surface area (Å²) in [6.07, 6.45) is 1.70. The van der Waals surface area contributed by atoms with Gasteiger partial charge in [-0.15, -0.1) is 0 Å². The van der Waals surface area contributed by atoms with Crippen LogP contribution in [0.15, 0.2) is 48.5 Å². The molecule has 2 heterocycles. The third-order valence-corrected chi connectivity index (χ3v) is 8.22. The van der Waals surface area contributed by atoms with Crippen LogP contribution in [0.5, 0.6) is 0 Å². The minimum absolute atomic E-state index is 0.223. The number of hydrogen-bond donors (Lipinski definition) is 1. The third-order valence-electron chi connectivity index (χ3n) is 8.22. The van der Waals surface area contributed by atoms with Crippen LogP contribution in [0, 0.1) is 25.1 Å². The summed E-state index contributed by atoms with van der Waals surface area (Å²) >= 11 is 0. The fraction of sp³-hybridized carbons (Fsp3) is 0.486. The molecule has 1 N–H and O–H groups in total.